The van der Waals surface area contributed by atoms with Gasteiger partial charge in [-0.1, -0.05) is 19.8 Å². The second kappa shape index (κ2) is 7.33. The SMILES string of the molecule is CCC1(CNC(=O)NCC(OC)C(=O)O)CCCC1. The van der Waals surface area contributed by atoms with Gasteiger partial charge in [0.25, 0.3) is 0 Å². The summed E-state index contributed by atoms with van der Waals surface area (Å²) in [4.78, 5) is 22.3. The third-order valence-electron chi connectivity index (χ3n) is 4.05. The van der Waals surface area contributed by atoms with Gasteiger partial charge in [0.1, 0.15) is 0 Å². The lowest BCUT2D eigenvalue weighted by Crippen LogP contribution is -2.45. The highest BCUT2D eigenvalue weighted by molar-refractivity contribution is 5.76. The summed E-state index contributed by atoms with van der Waals surface area (Å²) in [5, 5.41) is 14.1. The molecule has 6 heteroatoms. The number of carboxylic acids is 1. The maximum atomic E-state index is 11.6. The number of carbonyl (C=O) groups excluding carboxylic acids is 1. The largest absolute Gasteiger partial charge is 0.479 e. The second-order valence-corrected chi connectivity index (χ2v) is 5.19. The number of carboxylic acid groups (broad SMARTS) is 1. The van der Waals surface area contributed by atoms with Crippen LogP contribution in [-0.4, -0.2) is 43.4 Å². The molecule has 1 saturated carbocycles. The van der Waals surface area contributed by atoms with E-state index < -0.39 is 12.1 Å². The van der Waals surface area contributed by atoms with Crippen LogP contribution in [0.3, 0.4) is 0 Å². The molecule has 1 aliphatic rings. The number of aliphatic carboxylic acids is 1. The predicted molar refractivity (Wildman–Crippen MR) is 71.0 cm³/mol. The van der Waals surface area contributed by atoms with Gasteiger partial charge in [-0.25, -0.2) is 9.59 Å². The van der Waals surface area contributed by atoms with Gasteiger partial charge in [-0.2, -0.15) is 0 Å². The number of rotatable bonds is 7. The van der Waals surface area contributed by atoms with Gasteiger partial charge in [-0.15, -0.1) is 0 Å². The zero-order valence-corrected chi connectivity index (χ0v) is 11.7. The van der Waals surface area contributed by atoms with E-state index in [4.69, 9.17) is 9.84 Å². The first kappa shape index (κ1) is 15.8. The lowest BCUT2D eigenvalue weighted by atomic mass is 9.83. The molecule has 0 aliphatic heterocycles. The molecule has 2 amide bonds. The molecular formula is C13H24N2O4. The quantitative estimate of drug-likeness (QED) is 0.653. The Morgan fingerprint density at radius 2 is 1.95 bits per heavy atom. The van der Waals surface area contributed by atoms with Crippen LogP contribution in [0.15, 0.2) is 0 Å². The van der Waals surface area contributed by atoms with Crippen LogP contribution in [0.5, 0.6) is 0 Å². The van der Waals surface area contributed by atoms with E-state index in [1.54, 1.807) is 0 Å². The third kappa shape index (κ3) is 4.70. The third-order valence-corrected chi connectivity index (χ3v) is 4.05. The topological polar surface area (TPSA) is 87.7 Å². The van der Waals surface area contributed by atoms with E-state index in [-0.39, 0.29) is 18.0 Å². The van der Waals surface area contributed by atoms with Crippen molar-refractivity contribution in [1.82, 2.24) is 10.6 Å². The molecule has 0 spiro atoms. The molecule has 19 heavy (non-hydrogen) atoms. The van der Waals surface area contributed by atoms with E-state index in [1.165, 1.54) is 20.0 Å². The zero-order valence-electron chi connectivity index (χ0n) is 11.7. The Balaban J connectivity index is 2.29. The maximum Gasteiger partial charge on any atom is 0.334 e. The molecule has 0 heterocycles. The average Bonchev–Trinajstić information content (AvgIpc) is 2.86. The number of methoxy groups -OCH3 is 1. The van der Waals surface area contributed by atoms with Crippen LogP contribution in [0.2, 0.25) is 0 Å². The van der Waals surface area contributed by atoms with Gasteiger partial charge >= 0.3 is 12.0 Å². The summed E-state index contributed by atoms with van der Waals surface area (Å²) in [6.07, 6.45) is 4.81. The van der Waals surface area contributed by atoms with E-state index in [0.29, 0.717) is 6.54 Å². The zero-order chi connectivity index (χ0) is 14.3. The molecule has 1 rings (SSSR count). The molecule has 0 aromatic heterocycles. The number of hydrogen-bond acceptors (Lipinski definition) is 3. The second-order valence-electron chi connectivity index (χ2n) is 5.19. The standard InChI is InChI=1S/C13H24N2O4/c1-3-13(6-4-5-7-13)9-15-12(18)14-8-10(19-2)11(16)17/h10H,3-9H2,1-2H3,(H,16,17)(H2,14,15,18). The Hall–Kier alpha value is -1.30. The fourth-order valence-electron chi connectivity index (χ4n) is 2.57. The molecule has 1 fully saturated rings. The van der Waals surface area contributed by atoms with Crippen LogP contribution in [0.4, 0.5) is 4.79 Å². The van der Waals surface area contributed by atoms with Crippen molar-refractivity contribution in [2.45, 2.75) is 45.1 Å². The molecule has 0 aromatic carbocycles. The van der Waals surface area contributed by atoms with Crippen molar-refractivity contribution in [2.75, 3.05) is 20.2 Å². The molecule has 1 atom stereocenters. The van der Waals surface area contributed by atoms with Gasteiger partial charge in [-0.05, 0) is 24.7 Å². The van der Waals surface area contributed by atoms with Gasteiger partial charge in [0.2, 0.25) is 0 Å². The first-order valence-corrected chi connectivity index (χ1v) is 6.80. The number of nitrogens with one attached hydrogen (secondary N) is 2. The molecule has 110 valence electrons. The Morgan fingerprint density at radius 3 is 2.42 bits per heavy atom. The average molecular weight is 272 g/mol. The van der Waals surface area contributed by atoms with Crippen molar-refractivity contribution in [1.29, 1.82) is 0 Å². The molecule has 3 N–H and O–H groups in total. The number of urea groups is 1. The fraction of sp³-hybridized carbons (Fsp3) is 0.846. The number of carbonyl (C=O) groups is 2. The molecule has 0 saturated heterocycles. The molecular weight excluding hydrogens is 248 g/mol. The molecule has 0 bridgehead atoms. The molecule has 0 radical (unpaired) electrons. The van der Waals surface area contributed by atoms with E-state index in [1.807, 2.05) is 0 Å². The van der Waals surface area contributed by atoms with Gasteiger partial charge in [0.15, 0.2) is 6.10 Å². The molecule has 6 nitrogen and oxygen atoms in total. The maximum absolute atomic E-state index is 11.6. The van der Waals surface area contributed by atoms with Crippen molar-refractivity contribution in [3.05, 3.63) is 0 Å². The predicted octanol–water partition coefficient (Wildman–Crippen LogP) is 1.36. The van der Waals surface area contributed by atoms with Gasteiger partial charge in [-0.3, -0.25) is 0 Å². The van der Waals surface area contributed by atoms with Crippen LogP contribution in [0.1, 0.15) is 39.0 Å². The monoisotopic (exact) mass is 272 g/mol. The summed E-state index contributed by atoms with van der Waals surface area (Å²) in [6, 6.07) is -0.331. The summed E-state index contributed by atoms with van der Waals surface area (Å²) >= 11 is 0. The number of hydrogen-bond donors (Lipinski definition) is 3. The molecule has 1 aliphatic carbocycles. The minimum absolute atomic E-state index is 0.0310. The number of ether oxygens (including phenoxy) is 1. The highest BCUT2D eigenvalue weighted by atomic mass is 16.5. The summed E-state index contributed by atoms with van der Waals surface area (Å²) < 4.78 is 4.74. The van der Waals surface area contributed by atoms with Crippen LogP contribution >= 0.6 is 0 Å². The van der Waals surface area contributed by atoms with Gasteiger partial charge < -0.3 is 20.5 Å². The Bertz CT molecular complexity index is 314. The lowest BCUT2D eigenvalue weighted by Gasteiger charge is -2.27. The Kier molecular flexibility index (Phi) is 6.08. The van der Waals surface area contributed by atoms with Gasteiger partial charge in [0.05, 0.1) is 6.54 Å². The Labute approximate surface area is 113 Å². The van der Waals surface area contributed by atoms with Gasteiger partial charge in [0, 0.05) is 13.7 Å². The van der Waals surface area contributed by atoms with Crippen molar-refractivity contribution < 1.29 is 19.4 Å². The van der Waals surface area contributed by atoms with Crippen molar-refractivity contribution in [2.24, 2.45) is 5.41 Å². The molecule has 0 aromatic rings. The normalized spacial score (nSPS) is 18.8. The smallest absolute Gasteiger partial charge is 0.334 e. The summed E-state index contributed by atoms with van der Waals surface area (Å²) in [6.45, 7) is 2.77. The van der Waals surface area contributed by atoms with Crippen LogP contribution in [0.25, 0.3) is 0 Å². The van der Waals surface area contributed by atoms with Crippen LogP contribution in [-0.2, 0) is 9.53 Å². The highest BCUT2D eigenvalue weighted by Crippen LogP contribution is 2.40. The minimum atomic E-state index is -1.08. The van der Waals surface area contributed by atoms with Crippen molar-refractivity contribution in [3.8, 4) is 0 Å². The summed E-state index contributed by atoms with van der Waals surface area (Å²) in [7, 11) is 1.31. The van der Waals surface area contributed by atoms with Crippen LogP contribution in [0, 0.1) is 5.41 Å². The van der Waals surface area contributed by atoms with E-state index in [0.717, 1.165) is 19.3 Å². The highest BCUT2D eigenvalue weighted by Gasteiger charge is 2.32. The first-order chi connectivity index (χ1) is 9.03. The summed E-state index contributed by atoms with van der Waals surface area (Å²) in [5.74, 6) is -1.08. The number of amides is 2. The van der Waals surface area contributed by atoms with E-state index >= 15 is 0 Å². The van der Waals surface area contributed by atoms with Crippen LogP contribution < -0.4 is 10.6 Å². The molecule has 1 unspecified atom stereocenters. The van der Waals surface area contributed by atoms with Crippen molar-refractivity contribution in [3.63, 3.8) is 0 Å². The Morgan fingerprint density at radius 1 is 1.32 bits per heavy atom. The van der Waals surface area contributed by atoms with Crippen molar-refractivity contribution >= 4 is 12.0 Å². The lowest BCUT2D eigenvalue weighted by molar-refractivity contribution is -0.147. The van der Waals surface area contributed by atoms with E-state index in [2.05, 4.69) is 17.6 Å². The summed E-state index contributed by atoms with van der Waals surface area (Å²) in [5.41, 5.74) is 0.227. The minimum Gasteiger partial charge on any atom is -0.479 e. The van der Waals surface area contributed by atoms with E-state index in [9.17, 15) is 9.59 Å². The fourth-order valence-corrected chi connectivity index (χ4v) is 2.57. The first-order valence-electron chi connectivity index (χ1n) is 6.80.